The Hall–Kier alpha value is -2.86. The van der Waals surface area contributed by atoms with E-state index in [-0.39, 0.29) is 5.41 Å². The summed E-state index contributed by atoms with van der Waals surface area (Å²) in [6.45, 7) is 4.04. The smallest absolute Gasteiger partial charge is 0.0504 e. The Bertz CT molecular complexity index is 822. The Morgan fingerprint density at radius 1 is 0.625 bits per heavy atom. The molecule has 0 nitrogen and oxygen atoms in total. The van der Waals surface area contributed by atoms with Crippen molar-refractivity contribution in [3.05, 3.63) is 120 Å². The molecule has 24 heavy (non-hydrogen) atoms. The third kappa shape index (κ3) is 2.23. The highest BCUT2D eigenvalue weighted by molar-refractivity contribution is 6.19. The largest absolute Gasteiger partial charge is 0.103 e. The van der Waals surface area contributed by atoms with Gasteiger partial charge in [0.1, 0.15) is 0 Å². The van der Waals surface area contributed by atoms with E-state index < -0.39 is 0 Å². The molecule has 0 bridgehead atoms. The molecule has 3 aromatic rings. The fourth-order valence-corrected chi connectivity index (χ4v) is 3.86. The van der Waals surface area contributed by atoms with Crippen LogP contribution in [0.25, 0.3) is 11.1 Å². The molecule has 1 aliphatic rings. The van der Waals surface area contributed by atoms with E-state index in [1.54, 1.807) is 0 Å². The summed E-state index contributed by atoms with van der Waals surface area (Å²) in [5.74, 6) is 0. The van der Waals surface area contributed by atoms with Gasteiger partial charge in [-0.2, -0.15) is 0 Å². The fraction of sp³-hybridized carbons (Fsp3) is 0.0833. The highest BCUT2D eigenvalue weighted by atomic mass is 14.5. The normalized spacial score (nSPS) is 15.2. The lowest BCUT2D eigenvalue weighted by molar-refractivity contribution is 0.802. The van der Waals surface area contributed by atoms with E-state index in [4.69, 9.17) is 0 Å². The van der Waals surface area contributed by atoms with Crippen LogP contribution < -0.4 is 0 Å². The van der Waals surface area contributed by atoms with Gasteiger partial charge in [-0.1, -0.05) is 97.1 Å². The van der Waals surface area contributed by atoms with Crippen LogP contribution in [0.15, 0.2) is 104 Å². The lowest BCUT2D eigenvalue weighted by atomic mass is 9.82. The lowest BCUT2D eigenvalue weighted by Crippen LogP contribution is -2.12. The van der Waals surface area contributed by atoms with Crippen molar-refractivity contribution in [1.29, 1.82) is 0 Å². The molecule has 0 amide bonds. The van der Waals surface area contributed by atoms with Gasteiger partial charge in [-0.15, -0.1) is 6.58 Å². The minimum absolute atomic E-state index is 0.0499. The molecule has 4 rings (SSSR count). The van der Waals surface area contributed by atoms with Gasteiger partial charge in [0.15, 0.2) is 0 Å². The van der Waals surface area contributed by atoms with Crippen molar-refractivity contribution in [1.82, 2.24) is 0 Å². The maximum absolute atomic E-state index is 4.04. The summed E-state index contributed by atoms with van der Waals surface area (Å²) in [6, 6.07) is 32.3. The Kier molecular flexibility index (Phi) is 3.66. The van der Waals surface area contributed by atoms with Gasteiger partial charge in [0.2, 0.25) is 0 Å². The van der Waals surface area contributed by atoms with Crippen molar-refractivity contribution in [2.75, 3.05) is 0 Å². The summed E-state index contributed by atoms with van der Waals surface area (Å²) in [6.07, 6.45) is 2.97. The predicted molar refractivity (Wildman–Crippen MR) is 103 cm³/mol. The Balaban J connectivity index is 1.92. The first-order chi connectivity index (χ1) is 11.9. The summed E-state index contributed by atoms with van der Waals surface area (Å²) < 4.78 is 0. The van der Waals surface area contributed by atoms with Gasteiger partial charge in [0.25, 0.3) is 0 Å². The molecule has 0 radical (unpaired) electrons. The molecule has 0 saturated carbocycles. The van der Waals surface area contributed by atoms with Crippen molar-refractivity contribution >= 4 is 11.1 Å². The molecule has 0 aromatic heterocycles. The summed E-state index contributed by atoms with van der Waals surface area (Å²) in [4.78, 5) is 0. The molecule has 0 fully saturated rings. The Morgan fingerprint density at radius 2 is 1.04 bits per heavy atom. The van der Waals surface area contributed by atoms with Crippen LogP contribution in [-0.2, 0) is 5.41 Å². The first-order valence-electron chi connectivity index (χ1n) is 8.40. The second kappa shape index (κ2) is 5.98. The van der Waals surface area contributed by atoms with Crippen LogP contribution in [0, 0.1) is 0 Å². The highest BCUT2D eigenvalue weighted by Gasteiger charge is 2.54. The van der Waals surface area contributed by atoms with Crippen molar-refractivity contribution in [3.8, 4) is 0 Å². The van der Waals surface area contributed by atoms with E-state index in [0.29, 0.717) is 0 Å². The number of hydrogen-bond donors (Lipinski definition) is 0. The lowest BCUT2D eigenvalue weighted by Gasteiger charge is -2.20. The molecule has 0 aliphatic heterocycles. The minimum atomic E-state index is -0.0499. The third-order valence-corrected chi connectivity index (χ3v) is 4.88. The molecule has 0 unspecified atom stereocenters. The Labute approximate surface area is 143 Å². The van der Waals surface area contributed by atoms with Crippen LogP contribution in [0.1, 0.15) is 23.1 Å². The van der Waals surface area contributed by atoms with E-state index in [1.807, 2.05) is 6.08 Å². The monoisotopic (exact) mass is 308 g/mol. The van der Waals surface area contributed by atoms with Crippen molar-refractivity contribution < 1.29 is 0 Å². The van der Waals surface area contributed by atoms with Crippen LogP contribution >= 0.6 is 0 Å². The number of hydrogen-bond acceptors (Lipinski definition) is 0. The Morgan fingerprint density at radius 3 is 1.46 bits per heavy atom. The van der Waals surface area contributed by atoms with Crippen LogP contribution in [0.2, 0.25) is 0 Å². The zero-order valence-corrected chi connectivity index (χ0v) is 13.7. The molecular formula is C24H20. The van der Waals surface area contributed by atoms with Crippen molar-refractivity contribution in [2.24, 2.45) is 0 Å². The quantitative estimate of drug-likeness (QED) is 0.498. The number of benzene rings is 3. The minimum Gasteiger partial charge on any atom is -0.103 e. The van der Waals surface area contributed by atoms with E-state index in [0.717, 1.165) is 6.42 Å². The van der Waals surface area contributed by atoms with E-state index >= 15 is 0 Å². The predicted octanol–water partition coefficient (Wildman–Crippen LogP) is 6.13. The first-order valence-corrected chi connectivity index (χ1v) is 8.40. The standard InChI is InChI=1S/C24H20/c1-2-18-24(21-16-10-5-11-17-21)22(19-12-6-3-7-13-19)23(24)20-14-8-4-9-15-20/h2-17H,1,18H2. The maximum Gasteiger partial charge on any atom is 0.0504 e. The SMILES string of the molecule is C=CCC1(c2ccccc2)C(c2ccccc2)=C1c1ccccc1. The number of rotatable bonds is 5. The van der Waals surface area contributed by atoms with Gasteiger partial charge in [0, 0.05) is 0 Å². The zero-order valence-electron chi connectivity index (χ0n) is 13.7. The number of allylic oxidation sites excluding steroid dienone is 3. The van der Waals surface area contributed by atoms with Crippen LogP contribution in [-0.4, -0.2) is 0 Å². The average molecular weight is 308 g/mol. The molecule has 0 N–H and O–H groups in total. The summed E-state index contributed by atoms with van der Waals surface area (Å²) >= 11 is 0. The maximum atomic E-state index is 4.04. The van der Waals surface area contributed by atoms with Crippen molar-refractivity contribution in [2.45, 2.75) is 11.8 Å². The zero-order chi connectivity index (χ0) is 16.4. The molecule has 0 heteroatoms. The first kappa shape index (κ1) is 14.7. The molecule has 3 aromatic carbocycles. The molecule has 0 heterocycles. The van der Waals surface area contributed by atoms with Gasteiger partial charge >= 0.3 is 0 Å². The van der Waals surface area contributed by atoms with Gasteiger partial charge in [-0.25, -0.2) is 0 Å². The third-order valence-electron chi connectivity index (χ3n) is 4.88. The van der Waals surface area contributed by atoms with E-state index in [2.05, 4.69) is 97.6 Å². The van der Waals surface area contributed by atoms with Crippen molar-refractivity contribution in [3.63, 3.8) is 0 Å². The molecule has 0 saturated heterocycles. The van der Waals surface area contributed by atoms with E-state index in [1.165, 1.54) is 27.8 Å². The second-order valence-corrected chi connectivity index (χ2v) is 6.25. The molecule has 1 aliphatic carbocycles. The molecular weight excluding hydrogens is 288 g/mol. The second-order valence-electron chi connectivity index (χ2n) is 6.25. The summed E-state index contributed by atoms with van der Waals surface area (Å²) in [5.41, 5.74) is 6.78. The van der Waals surface area contributed by atoms with Gasteiger partial charge in [0.05, 0.1) is 5.41 Å². The van der Waals surface area contributed by atoms with Gasteiger partial charge in [-0.3, -0.25) is 0 Å². The summed E-state index contributed by atoms with van der Waals surface area (Å²) in [7, 11) is 0. The van der Waals surface area contributed by atoms with Crippen LogP contribution in [0.3, 0.4) is 0 Å². The molecule has 0 atom stereocenters. The highest BCUT2D eigenvalue weighted by Crippen LogP contribution is 2.66. The van der Waals surface area contributed by atoms with Crippen LogP contribution in [0.4, 0.5) is 0 Å². The summed E-state index contributed by atoms with van der Waals surface area (Å²) in [5, 5.41) is 0. The molecule has 0 spiro atoms. The fourth-order valence-electron chi connectivity index (χ4n) is 3.86. The van der Waals surface area contributed by atoms with Gasteiger partial charge < -0.3 is 0 Å². The van der Waals surface area contributed by atoms with Crippen LogP contribution in [0.5, 0.6) is 0 Å². The van der Waals surface area contributed by atoms with E-state index in [9.17, 15) is 0 Å². The topological polar surface area (TPSA) is 0 Å². The van der Waals surface area contributed by atoms with Gasteiger partial charge in [-0.05, 0) is 34.3 Å². The molecule has 116 valence electrons. The average Bonchev–Trinajstić information content (AvgIpc) is 3.34.